The quantitative estimate of drug-likeness (QED) is 0.445. The second kappa shape index (κ2) is 7.90. The summed E-state index contributed by atoms with van der Waals surface area (Å²) in [6.07, 6.45) is 0. The highest BCUT2D eigenvalue weighted by atomic mass is 32.1. The van der Waals surface area contributed by atoms with Crippen LogP contribution < -0.4 is 14.8 Å². The van der Waals surface area contributed by atoms with Crippen molar-refractivity contribution < 1.29 is 9.47 Å². The minimum Gasteiger partial charge on any atom is -0.497 e. The van der Waals surface area contributed by atoms with E-state index in [1.54, 1.807) is 25.6 Å². The van der Waals surface area contributed by atoms with Crippen molar-refractivity contribution in [1.29, 1.82) is 0 Å². The minimum atomic E-state index is 0.674. The van der Waals surface area contributed by atoms with E-state index in [0.717, 1.165) is 38.8 Å². The van der Waals surface area contributed by atoms with E-state index < -0.39 is 0 Å². The SMILES string of the molecule is COc1ccc(CNc2ccc(-c3nc4ccc(C)cc4s3)cc2)c(OC)c1. The number of aromatic nitrogens is 1. The molecule has 0 bridgehead atoms. The van der Waals surface area contributed by atoms with Gasteiger partial charge >= 0.3 is 0 Å². The Hall–Kier alpha value is -3.05. The van der Waals surface area contributed by atoms with Crippen molar-refractivity contribution in [2.45, 2.75) is 13.5 Å². The lowest BCUT2D eigenvalue weighted by atomic mass is 10.1. The molecular weight excluding hydrogens is 368 g/mol. The number of aryl methyl sites for hydroxylation is 1. The first-order valence-electron chi connectivity index (χ1n) is 9.08. The molecule has 0 aliphatic carbocycles. The predicted molar refractivity (Wildman–Crippen MR) is 117 cm³/mol. The van der Waals surface area contributed by atoms with Gasteiger partial charge in [-0.05, 0) is 61.0 Å². The molecule has 0 aliphatic heterocycles. The van der Waals surface area contributed by atoms with Crippen LogP contribution in [0.2, 0.25) is 0 Å². The van der Waals surface area contributed by atoms with Gasteiger partial charge in [0.15, 0.2) is 0 Å². The number of rotatable bonds is 6. The molecule has 0 radical (unpaired) electrons. The molecule has 3 aromatic carbocycles. The number of anilines is 1. The average Bonchev–Trinajstić information content (AvgIpc) is 3.15. The maximum Gasteiger partial charge on any atom is 0.127 e. The van der Waals surface area contributed by atoms with Gasteiger partial charge in [0.05, 0.1) is 24.4 Å². The van der Waals surface area contributed by atoms with Gasteiger partial charge in [-0.1, -0.05) is 6.07 Å². The third-order valence-corrected chi connectivity index (χ3v) is 5.72. The first kappa shape index (κ1) is 18.3. The molecule has 28 heavy (non-hydrogen) atoms. The van der Waals surface area contributed by atoms with Crippen LogP contribution in [-0.4, -0.2) is 19.2 Å². The Balaban J connectivity index is 1.49. The standard InChI is InChI=1S/C23H22N2O2S/c1-15-4-11-20-22(12-15)28-23(25-20)16-5-8-18(9-6-16)24-14-17-7-10-19(26-2)13-21(17)27-3/h4-13,24H,14H2,1-3H3. The van der Waals surface area contributed by atoms with Crippen LogP contribution in [0.1, 0.15) is 11.1 Å². The van der Waals surface area contributed by atoms with Gasteiger partial charge < -0.3 is 14.8 Å². The molecule has 5 heteroatoms. The van der Waals surface area contributed by atoms with E-state index in [9.17, 15) is 0 Å². The lowest BCUT2D eigenvalue weighted by Crippen LogP contribution is -2.02. The van der Waals surface area contributed by atoms with Gasteiger partial charge in [0.25, 0.3) is 0 Å². The molecular formula is C23H22N2O2S. The van der Waals surface area contributed by atoms with Crippen LogP contribution in [0.25, 0.3) is 20.8 Å². The largest absolute Gasteiger partial charge is 0.497 e. The molecule has 142 valence electrons. The third kappa shape index (κ3) is 3.80. The summed E-state index contributed by atoms with van der Waals surface area (Å²) in [6, 6.07) is 20.6. The van der Waals surface area contributed by atoms with Gasteiger partial charge in [-0.2, -0.15) is 0 Å². The fourth-order valence-electron chi connectivity index (χ4n) is 3.08. The van der Waals surface area contributed by atoms with Gasteiger partial charge in [-0.15, -0.1) is 11.3 Å². The highest BCUT2D eigenvalue weighted by molar-refractivity contribution is 7.21. The fraction of sp³-hybridized carbons (Fsp3) is 0.174. The number of ether oxygens (including phenoxy) is 2. The maximum atomic E-state index is 5.46. The van der Waals surface area contributed by atoms with Crippen molar-refractivity contribution in [1.82, 2.24) is 4.98 Å². The topological polar surface area (TPSA) is 43.4 Å². The fourth-order valence-corrected chi connectivity index (χ4v) is 4.15. The minimum absolute atomic E-state index is 0.674. The summed E-state index contributed by atoms with van der Waals surface area (Å²) in [4.78, 5) is 4.76. The zero-order valence-corrected chi connectivity index (χ0v) is 17.0. The van der Waals surface area contributed by atoms with Crippen LogP contribution >= 0.6 is 11.3 Å². The number of benzene rings is 3. The zero-order chi connectivity index (χ0) is 19.5. The van der Waals surface area contributed by atoms with E-state index in [0.29, 0.717) is 6.54 Å². The van der Waals surface area contributed by atoms with E-state index in [4.69, 9.17) is 14.5 Å². The van der Waals surface area contributed by atoms with E-state index in [2.05, 4.69) is 54.7 Å². The Labute approximate surface area is 168 Å². The highest BCUT2D eigenvalue weighted by Crippen LogP contribution is 2.31. The molecule has 4 nitrogen and oxygen atoms in total. The van der Waals surface area contributed by atoms with Crippen LogP contribution in [0.5, 0.6) is 11.5 Å². The average molecular weight is 391 g/mol. The summed E-state index contributed by atoms with van der Waals surface area (Å²) in [5.41, 5.74) is 5.58. The molecule has 4 aromatic rings. The van der Waals surface area contributed by atoms with Gasteiger partial charge in [-0.3, -0.25) is 0 Å². The number of nitrogens with zero attached hydrogens (tertiary/aromatic N) is 1. The van der Waals surface area contributed by atoms with E-state index in [1.165, 1.54) is 10.3 Å². The second-order valence-corrected chi connectivity index (χ2v) is 7.63. The van der Waals surface area contributed by atoms with Crippen LogP contribution in [-0.2, 0) is 6.54 Å². The summed E-state index contributed by atoms with van der Waals surface area (Å²) in [6.45, 7) is 2.78. The summed E-state index contributed by atoms with van der Waals surface area (Å²) >= 11 is 1.73. The highest BCUT2D eigenvalue weighted by Gasteiger charge is 2.08. The van der Waals surface area contributed by atoms with Gasteiger partial charge in [0.2, 0.25) is 0 Å². The number of thiazole rings is 1. The van der Waals surface area contributed by atoms with Crippen molar-refractivity contribution in [3.05, 3.63) is 71.8 Å². The molecule has 0 fully saturated rings. The molecule has 1 heterocycles. The second-order valence-electron chi connectivity index (χ2n) is 6.60. The lowest BCUT2D eigenvalue weighted by Gasteiger charge is -2.12. The van der Waals surface area contributed by atoms with Crippen LogP contribution in [0.4, 0.5) is 5.69 Å². The van der Waals surface area contributed by atoms with Gasteiger partial charge in [0, 0.05) is 29.4 Å². The number of fused-ring (bicyclic) bond motifs is 1. The molecule has 0 saturated carbocycles. The van der Waals surface area contributed by atoms with E-state index in [-0.39, 0.29) is 0 Å². The first-order chi connectivity index (χ1) is 13.7. The molecule has 4 rings (SSSR count). The molecule has 0 unspecified atom stereocenters. The summed E-state index contributed by atoms with van der Waals surface area (Å²) < 4.78 is 11.9. The van der Waals surface area contributed by atoms with Crippen molar-refractivity contribution in [3.8, 4) is 22.1 Å². The van der Waals surface area contributed by atoms with E-state index in [1.807, 2.05) is 18.2 Å². The number of nitrogens with one attached hydrogen (secondary N) is 1. The molecule has 0 spiro atoms. The molecule has 1 N–H and O–H groups in total. The Bertz CT molecular complexity index is 1100. The molecule has 1 aromatic heterocycles. The summed E-state index contributed by atoms with van der Waals surface area (Å²) in [7, 11) is 3.33. The first-order valence-corrected chi connectivity index (χ1v) is 9.90. The number of hydrogen-bond acceptors (Lipinski definition) is 5. The Morgan fingerprint density at radius 2 is 1.75 bits per heavy atom. The predicted octanol–water partition coefficient (Wildman–Crippen LogP) is 5.90. The van der Waals surface area contributed by atoms with Gasteiger partial charge in [-0.25, -0.2) is 4.98 Å². The van der Waals surface area contributed by atoms with Crippen molar-refractivity contribution in [2.24, 2.45) is 0 Å². The summed E-state index contributed by atoms with van der Waals surface area (Å²) in [5, 5.41) is 4.49. The monoisotopic (exact) mass is 390 g/mol. The van der Waals surface area contributed by atoms with Crippen molar-refractivity contribution in [3.63, 3.8) is 0 Å². The summed E-state index contributed by atoms with van der Waals surface area (Å²) in [5.74, 6) is 1.60. The van der Waals surface area contributed by atoms with E-state index >= 15 is 0 Å². The Morgan fingerprint density at radius 3 is 2.50 bits per heavy atom. The molecule has 0 saturated heterocycles. The van der Waals surface area contributed by atoms with Crippen LogP contribution in [0.3, 0.4) is 0 Å². The number of hydrogen-bond donors (Lipinski definition) is 1. The van der Waals surface area contributed by atoms with Crippen LogP contribution in [0, 0.1) is 6.92 Å². The molecule has 0 atom stereocenters. The zero-order valence-electron chi connectivity index (χ0n) is 16.2. The van der Waals surface area contributed by atoms with Crippen LogP contribution in [0.15, 0.2) is 60.7 Å². The normalized spacial score (nSPS) is 10.8. The third-order valence-electron chi connectivity index (χ3n) is 4.65. The van der Waals surface area contributed by atoms with Crippen molar-refractivity contribution >= 4 is 27.2 Å². The smallest absolute Gasteiger partial charge is 0.127 e. The number of methoxy groups -OCH3 is 2. The van der Waals surface area contributed by atoms with Crippen molar-refractivity contribution in [2.75, 3.05) is 19.5 Å². The molecule has 0 aliphatic rings. The Morgan fingerprint density at radius 1 is 0.929 bits per heavy atom. The lowest BCUT2D eigenvalue weighted by molar-refractivity contribution is 0.391. The molecule has 0 amide bonds. The maximum absolute atomic E-state index is 5.46. The van der Waals surface area contributed by atoms with Gasteiger partial charge in [0.1, 0.15) is 16.5 Å². The Kier molecular flexibility index (Phi) is 5.17.